The van der Waals surface area contributed by atoms with Crippen molar-refractivity contribution >= 4 is 26.7 Å². The van der Waals surface area contributed by atoms with E-state index < -0.39 is 44.0 Å². The van der Waals surface area contributed by atoms with Crippen LogP contribution in [0.15, 0.2) is 60.8 Å². The van der Waals surface area contributed by atoms with Gasteiger partial charge in [0.2, 0.25) is 0 Å². The number of ether oxygens (including phenoxy) is 4. The van der Waals surface area contributed by atoms with Crippen molar-refractivity contribution in [2.75, 3.05) is 24.7 Å². The third-order valence-electron chi connectivity index (χ3n) is 11.3. The number of carbonyl (C=O) groups is 1. The molecule has 3 atom stereocenters. The fourth-order valence-corrected chi connectivity index (χ4v) is 10.2. The van der Waals surface area contributed by atoms with Crippen LogP contribution in [0.25, 0.3) is 22.3 Å². The third-order valence-corrected chi connectivity index (χ3v) is 13.4. The number of nitrogens with zero attached hydrogens (tertiary/aromatic N) is 3. The molecular weight excluding hydrogens is 767 g/mol. The fourth-order valence-electron chi connectivity index (χ4n) is 8.24. The van der Waals surface area contributed by atoms with Crippen molar-refractivity contribution in [1.82, 2.24) is 19.7 Å². The summed E-state index contributed by atoms with van der Waals surface area (Å²) in [4.78, 5) is 21.0. The number of aryl methyl sites for hydroxylation is 2. The number of halogens is 2. The standard InChI is InChI=1S/C44H52F2N4O7S/c1-27(40(51)54-24-31-25-55-43(4,5)57-31)20-28-10-8-11-29(21-28)44(6)17-9-16-42(2,3)26-58(52,53)19-15-33-32-14-18-47-37(32)23-36(46)38(33)56-30-12-13-35(45)34(22-30)39-48-41(44)49-50(39)7/h8,10-14,18,21-23,27,31,47H,9,15-17,19-20,24-26H2,1-7H3/t27-,31?,44+/m0/s1. The molecule has 3 aromatic carbocycles. The number of sulfone groups is 1. The lowest BCUT2D eigenvalue weighted by Gasteiger charge is -2.31. The maximum atomic E-state index is 15.8. The molecule has 11 nitrogen and oxygen atoms in total. The molecule has 2 aromatic heterocycles. The van der Waals surface area contributed by atoms with Gasteiger partial charge in [-0.1, -0.05) is 51.5 Å². The highest BCUT2D eigenvalue weighted by atomic mass is 32.2. The Bertz CT molecular complexity index is 2440. The van der Waals surface area contributed by atoms with Crippen LogP contribution >= 0.6 is 0 Å². The van der Waals surface area contributed by atoms with Gasteiger partial charge in [-0.25, -0.2) is 26.9 Å². The number of H-pyrrole nitrogens is 1. The summed E-state index contributed by atoms with van der Waals surface area (Å²) >= 11 is 0. The molecule has 0 amide bonds. The van der Waals surface area contributed by atoms with Gasteiger partial charge in [0, 0.05) is 35.8 Å². The van der Waals surface area contributed by atoms with Crippen LogP contribution in [0, 0.1) is 23.0 Å². The van der Waals surface area contributed by atoms with Crippen LogP contribution < -0.4 is 4.74 Å². The first-order valence-electron chi connectivity index (χ1n) is 19.8. The van der Waals surface area contributed by atoms with Crippen LogP contribution in [0.4, 0.5) is 8.78 Å². The highest BCUT2D eigenvalue weighted by Gasteiger charge is 2.37. The van der Waals surface area contributed by atoms with Crippen molar-refractivity contribution in [3.63, 3.8) is 0 Å². The number of hydrogen-bond donors (Lipinski definition) is 1. The summed E-state index contributed by atoms with van der Waals surface area (Å²) in [5, 5.41) is 5.51. The quantitative estimate of drug-likeness (QED) is 0.168. The summed E-state index contributed by atoms with van der Waals surface area (Å²) in [7, 11) is -1.92. The highest BCUT2D eigenvalue weighted by molar-refractivity contribution is 7.91. The monoisotopic (exact) mass is 818 g/mol. The number of nitrogens with one attached hydrogen (secondary N) is 1. The summed E-state index contributed by atoms with van der Waals surface area (Å²) < 4.78 is 83.7. The lowest BCUT2D eigenvalue weighted by molar-refractivity contribution is -0.161. The first-order chi connectivity index (χ1) is 27.3. The zero-order chi connectivity index (χ0) is 41.6. The van der Waals surface area contributed by atoms with Crippen LogP contribution in [0.2, 0.25) is 0 Å². The van der Waals surface area contributed by atoms with Crippen molar-refractivity contribution in [3.05, 3.63) is 94.9 Å². The second-order valence-electron chi connectivity index (χ2n) is 17.3. The Morgan fingerprint density at radius 1 is 1.05 bits per heavy atom. The molecule has 1 fully saturated rings. The molecule has 0 saturated carbocycles. The molecule has 0 aliphatic carbocycles. The minimum atomic E-state index is -3.61. The SMILES string of the molecule is C[C@@H](Cc1cccc([C@@]2(C)CCCC(C)(C)CS(=O)(=O)CCc3c(c(F)cc4[nH]ccc34)Oc3ccc(F)c(c3)-c3nc2nn3C)c1)C(=O)OCC1COC(C)(C)O1. The van der Waals surface area contributed by atoms with Gasteiger partial charge in [0.15, 0.2) is 38.8 Å². The van der Waals surface area contributed by atoms with Gasteiger partial charge in [-0.3, -0.25) is 4.79 Å². The molecular formula is C44H52F2N4O7S. The van der Waals surface area contributed by atoms with E-state index in [0.29, 0.717) is 54.6 Å². The Morgan fingerprint density at radius 2 is 1.84 bits per heavy atom. The number of hydrogen-bond acceptors (Lipinski definition) is 9. The Labute approximate surface area is 338 Å². The minimum Gasteiger partial charge on any atom is -0.463 e. The van der Waals surface area contributed by atoms with E-state index in [1.54, 1.807) is 19.3 Å². The van der Waals surface area contributed by atoms with Gasteiger partial charge in [-0.2, -0.15) is 5.10 Å². The molecule has 0 radical (unpaired) electrons. The summed E-state index contributed by atoms with van der Waals surface area (Å²) in [6.45, 7) is 11.8. The Morgan fingerprint density at radius 3 is 2.60 bits per heavy atom. The van der Waals surface area contributed by atoms with Gasteiger partial charge < -0.3 is 23.9 Å². The molecule has 2 aliphatic heterocycles. The number of rotatable bonds is 6. The van der Waals surface area contributed by atoms with Crippen molar-refractivity contribution in [2.45, 2.75) is 91.0 Å². The fraction of sp³-hybridized carbons (Fsp3) is 0.477. The lowest BCUT2D eigenvalue weighted by atomic mass is 9.75. The van der Waals surface area contributed by atoms with Crippen molar-refractivity contribution in [1.29, 1.82) is 0 Å². The van der Waals surface area contributed by atoms with Gasteiger partial charge >= 0.3 is 5.97 Å². The van der Waals surface area contributed by atoms with Crippen LogP contribution in [0.3, 0.4) is 0 Å². The van der Waals surface area contributed by atoms with Gasteiger partial charge in [0.1, 0.15) is 24.3 Å². The zero-order valence-corrected chi connectivity index (χ0v) is 35.0. The van der Waals surface area contributed by atoms with Gasteiger partial charge in [-0.15, -0.1) is 0 Å². The molecule has 1 unspecified atom stereocenters. The van der Waals surface area contributed by atoms with Gasteiger partial charge in [-0.05, 0) is 87.3 Å². The van der Waals surface area contributed by atoms with E-state index >= 15 is 8.78 Å². The molecule has 1 saturated heterocycles. The van der Waals surface area contributed by atoms with Crippen molar-refractivity contribution in [3.8, 4) is 22.9 Å². The van der Waals surface area contributed by atoms with E-state index in [2.05, 4.69) is 4.98 Å². The summed E-state index contributed by atoms with van der Waals surface area (Å²) in [5.41, 5.74) is 1.43. The van der Waals surface area contributed by atoms with Crippen LogP contribution in [0.5, 0.6) is 11.5 Å². The van der Waals surface area contributed by atoms with Gasteiger partial charge in [0.05, 0.1) is 35.0 Å². The number of fused-ring (bicyclic) bond motifs is 8. The third kappa shape index (κ3) is 8.98. The predicted octanol–water partition coefficient (Wildman–Crippen LogP) is 8.38. The van der Waals surface area contributed by atoms with Crippen LogP contribution in [-0.2, 0) is 54.1 Å². The largest absolute Gasteiger partial charge is 0.463 e. The summed E-state index contributed by atoms with van der Waals surface area (Å²) in [6, 6.07) is 15.1. The molecule has 2 aliphatic rings. The summed E-state index contributed by atoms with van der Waals surface area (Å²) in [6.07, 6.45) is 3.52. The molecule has 4 heterocycles. The average Bonchev–Trinajstić information content (AvgIpc) is 3.88. The molecule has 310 valence electrons. The van der Waals surface area contributed by atoms with E-state index in [4.69, 9.17) is 29.0 Å². The van der Waals surface area contributed by atoms with Crippen molar-refractivity contribution in [2.24, 2.45) is 18.4 Å². The first kappa shape index (κ1) is 41.5. The average molecular weight is 819 g/mol. The van der Waals surface area contributed by atoms with Crippen LogP contribution in [0.1, 0.15) is 83.3 Å². The maximum Gasteiger partial charge on any atom is 0.309 e. The molecule has 1 N–H and O–H groups in total. The predicted molar refractivity (Wildman–Crippen MR) is 216 cm³/mol. The molecule has 7 rings (SSSR count). The van der Waals surface area contributed by atoms with E-state index in [9.17, 15) is 13.2 Å². The second kappa shape index (κ2) is 15.8. The number of aromatic amines is 1. The molecule has 14 heteroatoms. The lowest BCUT2D eigenvalue weighted by Crippen LogP contribution is -2.29. The van der Waals surface area contributed by atoms with E-state index in [0.717, 1.165) is 11.1 Å². The van der Waals surface area contributed by atoms with Crippen LogP contribution in [-0.4, -0.2) is 70.7 Å². The van der Waals surface area contributed by atoms with E-state index in [-0.39, 0.29) is 59.5 Å². The number of carbonyl (C=O) groups excluding carboxylic acids is 1. The van der Waals surface area contributed by atoms with E-state index in [1.165, 1.54) is 28.9 Å². The number of benzene rings is 3. The zero-order valence-electron chi connectivity index (χ0n) is 34.2. The minimum absolute atomic E-state index is 0.0214. The molecule has 5 aromatic rings. The maximum absolute atomic E-state index is 15.8. The Kier molecular flexibility index (Phi) is 11.3. The summed E-state index contributed by atoms with van der Waals surface area (Å²) in [5.74, 6) is -2.28. The first-order valence-corrected chi connectivity index (χ1v) is 21.6. The Balaban J connectivity index is 1.24. The molecule has 0 spiro atoms. The highest BCUT2D eigenvalue weighted by Crippen LogP contribution is 2.41. The number of esters is 1. The second-order valence-corrected chi connectivity index (χ2v) is 19.5. The topological polar surface area (TPSA) is 135 Å². The normalized spacial score (nSPS) is 22.3. The van der Waals surface area contributed by atoms with Gasteiger partial charge in [0.25, 0.3) is 0 Å². The van der Waals surface area contributed by atoms with Crippen molar-refractivity contribution < 1.29 is 40.9 Å². The Hall–Kier alpha value is -4.66. The van der Waals surface area contributed by atoms with E-state index in [1.807, 2.05) is 65.8 Å². The molecule has 4 bridgehead atoms. The number of aromatic nitrogens is 4. The molecule has 58 heavy (non-hydrogen) atoms. The smallest absolute Gasteiger partial charge is 0.309 e.